The molecular weight excluding hydrogens is 505 g/mol. The van der Waals surface area contributed by atoms with Crippen LogP contribution < -0.4 is 5.32 Å². The van der Waals surface area contributed by atoms with Crippen molar-refractivity contribution in [3.63, 3.8) is 0 Å². The molecule has 0 saturated carbocycles. The third-order valence-electron chi connectivity index (χ3n) is 5.37. The van der Waals surface area contributed by atoms with Crippen LogP contribution in [-0.4, -0.2) is 74.5 Å². The highest BCUT2D eigenvalue weighted by molar-refractivity contribution is 7.89. The normalized spacial score (nSPS) is 14.3. The number of sulfonamides is 1. The number of aliphatic hydroxyl groups is 1. The van der Waals surface area contributed by atoms with Gasteiger partial charge in [0.25, 0.3) is 5.91 Å². The van der Waals surface area contributed by atoms with E-state index in [4.69, 9.17) is 27.9 Å². The van der Waals surface area contributed by atoms with E-state index in [0.717, 1.165) is 12.8 Å². The number of anilines is 1. The van der Waals surface area contributed by atoms with Crippen LogP contribution in [-0.2, 0) is 24.3 Å². The third-order valence-corrected chi connectivity index (χ3v) is 8.05. The molecule has 0 radical (unpaired) electrons. The van der Waals surface area contributed by atoms with E-state index in [2.05, 4.69) is 5.32 Å². The van der Waals surface area contributed by atoms with Crippen molar-refractivity contribution >= 4 is 50.8 Å². The van der Waals surface area contributed by atoms with Crippen LogP contribution in [0.15, 0.2) is 28.3 Å². The van der Waals surface area contributed by atoms with E-state index in [-0.39, 0.29) is 51.6 Å². The number of nitrogens with zero attached hydrogens (tertiary/aromatic N) is 2. The number of esters is 1. The smallest absolute Gasteiger partial charge is 0.337 e. The van der Waals surface area contributed by atoms with Crippen molar-refractivity contribution in [2.24, 2.45) is 0 Å². The molecule has 1 amide bonds. The number of β-amino-alcohol motifs (C(OH)–C–C–N with tert-alkyl or cyclic N) is 1. The lowest BCUT2D eigenvalue weighted by atomic mass is 10.2. The molecule has 0 saturated heterocycles. The Morgan fingerprint density at radius 2 is 1.79 bits per heavy atom. The molecule has 0 fully saturated rings. The molecule has 2 rings (SSSR count). The molecule has 0 aliphatic carbocycles. The van der Waals surface area contributed by atoms with Crippen LogP contribution in [0.25, 0.3) is 0 Å². The Morgan fingerprint density at radius 3 is 2.32 bits per heavy atom. The van der Waals surface area contributed by atoms with Crippen molar-refractivity contribution in [1.82, 2.24) is 9.21 Å². The van der Waals surface area contributed by atoms with Gasteiger partial charge in [0.05, 0.1) is 41.6 Å². The zero-order valence-electron chi connectivity index (χ0n) is 19.6. The molecule has 1 aliphatic rings. The maximum absolute atomic E-state index is 13.3. The van der Waals surface area contributed by atoms with Gasteiger partial charge in [-0.3, -0.25) is 4.79 Å². The number of nitrogens with one attached hydrogen (secondary N) is 1. The van der Waals surface area contributed by atoms with E-state index in [1.54, 1.807) is 0 Å². The lowest BCUT2D eigenvalue weighted by molar-refractivity contribution is -0.136. The average Bonchev–Trinajstić information content (AvgIpc) is 3.10. The first-order chi connectivity index (χ1) is 16.1. The van der Waals surface area contributed by atoms with Gasteiger partial charge in [0.2, 0.25) is 10.0 Å². The highest BCUT2D eigenvalue weighted by Crippen LogP contribution is 2.35. The van der Waals surface area contributed by atoms with Gasteiger partial charge in [-0.1, -0.05) is 49.9 Å². The molecule has 0 bridgehead atoms. The number of halogens is 2. The number of hydrogen-bond donors (Lipinski definition) is 2. The number of carbonyl (C=O) groups is 2. The molecule has 1 aliphatic heterocycles. The Kier molecular flexibility index (Phi) is 10.6. The number of carbonyl (C=O) groups excluding carboxylic acids is 2. The van der Waals surface area contributed by atoms with Gasteiger partial charge in [0.1, 0.15) is 10.6 Å². The number of hydrogen-bond acceptors (Lipinski definition) is 7. The molecule has 0 unspecified atom stereocenters. The number of unbranched alkanes of at least 4 members (excludes halogenated alkanes) is 2. The van der Waals surface area contributed by atoms with Gasteiger partial charge >= 0.3 is 5.97 Å². The minimum atomic E-state index is -3.90. The Hall–Kier alpha value is -1.85. The zero-order valence-corrected chi connectivity index (χ0v) is 21.9. The van der Waals surface area contributed by atoms with E-state index in [9.17, 15) is 23.1 Å². The second kappa shape index (κ2) is 12.7. The molecule has 0 atom stereocenters. The van der Waals surface area contributed by atoms with Crippen LogP contribution in [0.1, 0.15) is 39.5 Å². The maximum atomic E-state index is 13.3. The SMILES string of the molecule is CCCCN(CCCC)S(=O)(=O)c1cc(Cl)c(NC2=C(C(=O)OC)CN(CCO)C2=O)cc1Cl. The van der Waals surface area contributed by atoms with Crippen LogP contribution in [0.5, 0.6) is 0 Å². The fraction of sp³-hybridized carbons (Fsp3) is 0.545. The highest BCUT2D eigenvalue weighted by Gasteiger charge is 2.35. The standard InChI is InChI=1S/C22H31Cl2N3O6S/c1-4-6-8-27(9-7-5-2)34(31,32)19-13-16(23)18(12-17(19)24)25-20-15(22(30)33-3)14-26(10-11-28)21(20)29/h12-13,25,28H,4-11,14H2,1-3H3. The third kappa shape index (κ3) is 6.42. The first-order valence-electron chi connectivity index (χ1n) is 11.1. The summed E-state index contributed by atoms with van der Waals surface area (Å²) < 4.78 is 32.8. The number of methoxy groups -OCH3 is 1. The molecular formula is C22H31Cl2N3O6S. The number of aliphatic hydroxyl groups excluding tert-OH is 1. The Labute approximate surface area is 210 Å². The number of benzene rings is 1. The minimum absolute atomic E-state index is 0.0130. The minimum Gasteiger partial charge on any atom is -0.466 e. The zero-order chi connectivity index (χ0) is 25.5. The van der Waals surface area contributed by atoms with Gasteiger partial charge in [-0.2, -0.15) is 4.31 Å². The molecule has 9 nitrogen and oxygen atoms in total. The summed E-state index contributed by atoms with van der Waals surface area (Å²) in [4.78, 5) is 26.1. The lowest BCUT2D eigenvalue weighted by Crippen LogP contribution is -2.33. The summed E-state index contributed by atoms with van der Waals surface area (Å²) in [5.41, 5.74) is 0.159. The monoisotopic (exact) mass is 535 g/mol. The van der Waals surface area contributed by atoms with Crippen molar-refractivity contribution in [2.45, 2.75) is 44.4 Å². The van der Waals surface area contributed by atoms with E-state index in [1.165, 1.54) is 28.4 Å². The molecule has 12 heteroatoms. The van der Waals surface area contributed by atoms with Gasteiger partial charge in [0.15, 0.2) is 0 Å². The first kappa shape index (κ1) is 28.4. The summed E-state index contributed by atoms with van der Waals surface area (Å²) in [6.45, 7) is 4.42. The van der Waals surface area contributed by atoms with Crippen LogP contribution in [0.2, 0.25) is 10.0 Å². The maximum Gasteiger partial charge on any atom is 0.337 e. The first-order valence-corrected chi connectivity index (χ1v) is 13.3. The van der Waals surface area contributed by atoms with Crippen LogP contribution in [0.3, 0.4) is 0 Å². The van der Waals surface area contributed by atoms with Crippen molar-refractivity contribution in [2.75, 3.05) is 45.2 Å². The summed E-state index contributed by atoms with van der Waals surface area (Å²) >= 11 is 12.8. The van der Waals surface area contributed by atoms with E-state index in [0.29, 0.717) is 25.9 Å². The summed E-state index contributed by atoms with van der Waals surface area (Å²) in [6, 6.07) is 2.56. The topological polar surface area (TPSA) is 116 Å². The average molecular weight is 536 g/mol. The van der Waals surface area contributed by atoms with Gasteiger partial charge in [-0.05, 0) is 25.0 Å². The molecule has 2 N–H and O–H groups in total. The Morgan fingerprint density at radius 1 is 1.18 bits per heavy atom. The van der Waals surface area contributed by atoms with Gasteiger partial charge in [0, 0.05) is 19.6 Å². The van der Waals surface area contributed by atoms with Crippen molar-refractivity contribution < 1.29 is 27.9 Å². The fourth-order valence-corrected chi connectivity index (χ4v) is 5.79. The molecule has 1 heterocycles. The molecule has 34 heavy (non-hydrogen) atoms. The van der Waals surface area contributed by atoms with Crippen molar-refractivity contribution in [1.29, 1.82) is 0 Å². The Balaban J connectivity index is 2.43. The predicted octanol–water partition coefficient (Wildman–Crippen LogP) is 3.26. The predicted molar refractivity (Wildman–Crippen MR) is 131 cm³/mol. The molecule has 1 aromatic carbocycles. The Bertz CT molecular complexity index is 1040. The summed E-state index contributed by atoms with van der Waals surface area (Å²) in [5, 5.41) is 12.0. The van der Waals surface area contributed by atoms with Crippen LogP contribution in [0, 0.1) is 0 Å². The lowest BCUT2D eigenvalue weighted by Gasteiger charge is -2.23. The quantitative estimate of drug-likeness (QED) is 0.372. The summed E-state index contributed by atoms with van der Waals surface area (Å²) in [6.07, 6.45) is 3.11. The van der Waals surface area contributed by atoms with Gasteiger partial charge < -0.3 is 20.1 Å². The van der Waals surface area contributed by atoms with Gasteiger partial charge in [-0.25, -0.2) is 13.2 Å². The van der Waals surface area contributed by atoms with E-state index in [1.807, 2.05) is 13.8 Å². The molecule has 190 valence electrons. The number of ether oxygens (including phenoxy) is 1. The molecule has 0 aromatic heterocycles. The van der Waals surface area contributed by atoms with E-state index < -0.39 is 21.9 Å². The van der Waals surface area contributed by atoms with Gasteiger partial charge in [-0.15, -0.1) is 0 Å². The van der Waals surface area contributed by atoms with Crippen LogP contribution in [0.4, 0.5) is 5.69 Å². The number of amides is 1. The second-order valence-corrected chi connectivity index (χ2v) is 10.5. The highest BCUT2D eigenvalue weighted by atomic mass is 35.5. The second-order valence-electron chi connectivity index (χ2n) is 7.79. The van der Waals surface area contributed by atoms with Crippen LogP contribution >= 0.6 is 23.2 Å². The van der Waals surface area contributed by atoms with E-state index >= 15 is 0 Å². The number of rotatable bonds is 13. The molecule has 0 spiro atoms. The molecule has 1 aromatic rings. The van der Waals surface area contributed by atoms with Crippen molar-refractivity contribution in [3.8, 4) is 0 Å². The van der Waals surface area contributed by atoms with Crippen molar-refractivity contribution in [3.05, 3.63) is 33.4 Å². The fourth-order valence-electron chi connectivity index (χ4n) is 3.47. The summed E-state index contributed by atoms with van der Waals surface area (Å²) in [7, 11) is -2.70. The largest absolute Gasteiger partial charge is 0.466 e. The summed E-state index contributed by atoms with van der Waals surface area (Å²) in [5.74, 6) is -1.23.